The van der Waals surface area contributed by atoms with Gasteiger partial charge in [-0.05, 0) is 24.3 Å². The van der Waals surface area contributed by atoms with Gasteiger partial charge in [0.1, 0.15) is 6.61 Å². The number of carbonyl (C=O) groups is 2. The van der Waals surface area contributed by atoms with Gasteiger partial charge in [-0.25, -0.2) is 0 Å². The standard InChI is InChI=1S/C14H19N3O3/c1-20-10-13(18)17-8-6-16(7-9-17)12-4-2-11(3-5-12)14(15)19/h2-5H,6-10H2,1H3,(H2,15,19). The Morgan fingerprint density at radius 2 is 1.75 bits per heavy atom. The zero-order chi connectivity index (χ0) is 14.5. The number of methoxy groups -OCH3 is 1. The van der Waals surface area contributed by atoms with E-state index in [2.05, 4.69) is 4.90 Å². The van der Waals surface area contributed by atoms with Crippen LogP contribution in [0.25, 0.3) is 0 Å². The highest BCUT2D eigenvalue weighted by molar-refractivity contribution is 5.93. The van der Waals surface area contributed by atoms with Crippen molar-refractivity contribution >= 4 is 17.5 Å². The van der Waals surface area contributed by atoms with Crippen LogP contribution in [0, 0.1) is 0 Å². The summed E-state index contributed by atoms with van der Waals surface area (Å²) in [6.07, 6.45) is 0. The maximum Gasteiger partial charge on any atom is 0.248 e. The predicted molar refractivity (Wildman–Crippen MR) is 75.6 cm³/mol. The highest BCUT2D eigenvalue weighted by Gasteiger charge is 2.20. The molecule has 108 valence electrons. The molecule has 1 aromatic carbocycles. The molecule has 0 atom stereocenters. The van der Waals surface area contributed by atoms with Crippen molar-refractivity contribution < 1.29 is 14.3 Å². The van der Waals surface area contributed by atoms with Crippen LogP contribution in [-0.4, -0.2) is 56.6 Å². The Morgan fingerprint density at radius 1 is 1.15 bits per heavy atom. The van der Waals surface area contributed by atoms with Gasteiger partial charge in [-0.3, -0.25) is 9.59 Å². The smallest absolute Gasteiger partial charge is 0.248 e. The SMILES string of the molecule is COCC(=O)N1CCN(c2ccc(C(N)=O)cc2)CC1. The van der Waals surface area contributed by atoms with Gasteiger partial charge in [0.2, 0.25) is 11.8 Å². The first-order valence-corrected chi connectivity index (χ1v) is 6.53. The van der Waals surface area contributed by atoms with Gasteiger partial charge in [0.05, 0.1) is 0 Å². The van der Waals surface area contributed by atoms with Crippen molar-refractivity contribution in [2.24, 2.45) is 5.73 Å². The van der Waals surface area contributed by atoms with Gasteiger partial charge < -0.3 is 20.3 Å². The Labute approximate surface area is 118 Å². The Morgan fingerprint density at radius 3 is 2.25 bits per heavy atom. The molecule has 6 nitrogen and oxygen atoms in total. The quantitative estimate of drug-likeness (QED) is 0.845. The first-order chi connectivity index (χ1) is 9.61. The lowest BCUT2D eigenvalue weighted by Crippen LogP contribution is -2.49. The third-order valence-electron chi connectivity index (χ3n) is 3.42. The lowest BCUT2D eigenvalue weighted by molar-refractivity contribution is -0.135. The van der Waals surface area contributed by atoms with Crippen LogP contribution < -0.4 is 10.6 Å². The van der Waals surface area contributed by atoms with Crippen molar-refractivity contribution in [3.8, 4) is 0 Å². The van der Waals surface area contributed by atoms with Crippen molar-refractivity contribution in [1.29, 1.82) is 0 Å². The number of anilines is 1. The molecule has 0 radical (unpaired) electrons. The molecule has 20 heavy (non-hydrogen) atoms. The summed E-state index contributed by atoms with van der Waals surface area (Å²) in [4.78, 5) is 26.7. The molecule has 1 aliphatic heterocycles. The third-order valence-corrected chi connectivity index (χ3v) is 3.42. The van der Waals surface area contributed by atoms with E-state index in [0.717, 1.165) is 18.8 Å². The van der Waals surface area contributed by atoms with Gasteiger partial charge >= 0.3 is 0 Å². The first kappa shape index (κ1) is 14.3. The van der Waals surface area contributed by atoms with Crippen LogP contribution in [-0.2, 0) is 9.53 Å². The minimum absolute atomic E-state index is 0.0243. The maximum absolute atomic E-state index is 11.7. The van der Waals surface area contributed by atoms with Gasteiger partial charge in [0.15, 0.2) is 0 Å². The minimum Gasteiger partial charge on any atom is -0.375 e. The van der Waals surface area contributed by atoms with Crippen molar-refractivity contribution in [3.05, 3.63) is 29.8 Å². The van der Waals surface area contributed by atoms with Crippen LogP contribution in [0.3, 0.4) is 0 Å². The number of amides is 2. The van der Waals surface area contributed by atoms with E-state index in [0.29, 0.717) is 18.7 Å². The normalized spacial score (nSPS) is 15.2. The molecule has 0 bridgehead atoms. The summed E-state index contributed by atoms with van der Waals surface area (Å²) in [5.41, 5.74) is 6.75. The van der Waals surface area contributed by atoms with Crippen LogP contribution in [0.2, 0.25) is 0 Å². The second kappa shape index (κ2) is 6.38. The summed E-state index contributed by atoms with van der Waals surface area (Å²) in [6, 6.07) is 7.21. The zero-order valence-electron chi connectivity index (χ0n) is 11.5. The number of nitrogens with zero attached hydrogens (tertiary/aromatic N) is 2. The first-order valence-electron chi connectivity index (χ1n) is 6.53. The highest BCUT2D eigenvalue weighted by Crippen LogP contribution is 2.17. The average molecular weight is 277 g/mol. The molecular weight excluding hydrogens is 258 g/mol. The average Bonchev–Trinajstić information content (AvgIpc) is 2.48. The second-order valence-corrected chi connectivity index (χ2v) is 4.71. The number of primary amides is 1. The Kier molecular flexibility index (Phi) is 4.57. The van der Waals surface area contributed by atoms with E-state index in [1.54, 1.807) is 17.0 Å². The predicted octanol–water partition coefficient (Wildman–Crippen LogP) is 0.0805. The van der Waals surface area contributed by atoms with Crippen LogP contribution in [0.4, 0.5) is 5.69 Å². The number of hydrogen-bond donors (Lipinski definition) is 1. The molecule has 0 aromatic heterocycles. The summed E-state index contributed by atoms with van der Waals surface area (Å²) in [7, 11) is 1.52. The van der Waals surface area contributed by atoms with Crippen LogP contribution in [0.15, 0.2) is 24.3 Å². The molecule has 1 heterocycles. The zero-order valence-corrected chi connectivity index (χ0v) is 11.5. The molecular formula is C14H19N3O3. The fourth-order valence-corrected chi connectivity index (χ4v) is 2.27. The minimum atomic E-state index is -0.425. The van der Waals surface area contributed by atoms with E-state index in [1.165, 1.54) is 7.11 Å². The fraction of sp³-hybridized carbons (Fsp3) is 0.429. The molecule has 0 aliphatic carbocycles. The maximum atomic E-state index is 11.7. The summed E-state index contributed by atoms with van der Waals surface area (Å²) in [5.74, 6) is -0.400. The van der Waals surface area contributed by atoms with Gasteiger partial charge in [-0.15, -0.1) is 0 Å². The van der Waals surface area contributed by atoms with E-state index < -0.39 is 5.91 Å². The van der Waals surface area contributed by atoms with Crippen LogP contribution in [0.5, 0.6) is 0 Å². The Balaban J connectivity index is 1.93. The molecule has 1 aliphatic rings. The van der Waals surface area contributed by atoms with E-state index in [4.69, 9.17) is 10.5 Å². The summed E-state index contributed by atoms with van der Waals surface area (Å²) < 4.78 is 4.86. The number of carbonyl (C=O) groups excluding carboxylic acids is 2. The van der Waals surface area contributed by atoms with Crippen molar-refractivity contribution in [2.75, 3.05) is 44.8 Å². The molecule has 1 aromatic rings. The fourth-order valence-electron chi connectivity index (χ4n) is 2.27. The molecule has 1 saturated heterocycles. The lowest BCUT2D eigenvalue weighted by atomic mass is 10.1. The summed E-state index contributed by atoms with van der Waals surface area (Å²) in [6.45, 7) is 3.03. The van der Waals surface area contributed by atoms with Gasteiger partial charge in [-0.2, -0.15) is 0 Å². The van der Waals surface area contributed by atoms with Crippen molar-refractivity contribution in [2.45, 2.75) is 0 Å². The van der Waals surface area contributed by atoms with E-state index in [1.807, 2.05) is 12.1 Å². The largest absolute Gasteiger partial charge is 0.375 e. The molecule has 0 saturated carbocycles. The molecule has 0 spiro atoms. The summed E-state index contributed by atoms with van der Waals surface area (Å²) in [5, 5.41) is 0. The molecule has 2 amide bonds. The molecule has 0 unspecified atom stereocenters. The van der Waals surface area contributed by atoms with Crippen LogP contribution in [0.1, 0.15) is 10.4 Å². The van der Waals surface area contributed by atoms with Gasteiger partial charge in [0.25, 0.3) is 0 Å². The molecule has 2 N–H and O–H groups in total. The number of rotatable bonds is 4. The van der Waals surface area contributed by atoms with Crippen LogP contribution >= 0.6 is 0 Å². The number of nitrogens with two attached hydrogens (primary N) is 1. The highest BCUT2D eigenvalue weighted by atomic mass is 16.5. The van der Waals surface area contributed by atoms with E-state index in [9.17, 15) is 9.59 Å². The number of benzene rings is 1. The van der Waals surface area contributed by atoms with Gasteiger partial charge in [-0.1, -0.05) is 0 Å². The van der Waals surface area contributed by atoms with Gasteiger partial charge in [0, 0.05) is 44.5 Å². The summed E-state index contributed by atoms with van der Waals surface area (Å²) >= 11 is 0. The lowest BCUT2D eigenvalue weighted by Gasteiger charge is -2.36. The van der Waals surface area contributed by atoms with Crippen molar-refractivity contribution in [3.63, 3.8) is 0 Å². The monoisotopic (exact) mass is 277 g/mol. The topological polar surface area (TPSA) is 75.9 Å². The third kappa shape index (κ3) is 3.27. The second-order valence-electron chi connectivity index (χ2n) is 4.71. The van der Waals surface area contributed by atoms with E-state index >= 15 is 0 Å². The van der Waals surface area contributed by atoms with E-state index in [-0.39, 0.29) is 12.5 Å². The number of piperazine rings is 1. The van der Waals surface area contributed by atoms with Crippen molar-refractivity contribution in [1.82, 2.24) is 4.90 Å². The molecule has 2 rings (SSSR count). The Hall–Kier alpha value is -2.08. The Bertz CT molecular complexity index is 479. The molecule has 1 fully saturated rings. The number of ether oxygens (including phenoxy) is 1. The number of hydrogen-bond acceptors (Lipinski definition) is 4. The molecule has 6 heteroatoms.